The van der Waals surface area contributed by atoms with E-state index in [1.54, 1.807) is 36.4 Å². The van der Waals surface area contributed by atoms with Crippen LogP contribution in [0.5, 0.6) is 0 Å². The van der Waals surface area contributed by atoms with Crippen molar-refractivity contribution < 1.29 is 14.5 Å². The molecule has 0 N–H and O–H groups in total. The molecule has 2 aromatic carbocycles. The molecule has 128 valence electrons. The van der Waals surface area contributed by atoms with Gasteiger partial charge in [0.05, 0.1) is 6.54 Å². The summed E-state index contributed by atoms with van der Waals surface area (Å²) in [5, 5.41) is 10.7. The molecule has 1 heterocycles. The number of para-hydroxylation sites is 1. The molecule has 1 aliphatic rings. The zero-order valence-corrected chi connectivity index (χ0v) is 13.6. The number of carbonyl (C=O) groups is 2. The van der Waals surface area contributed by atoms with Crippen molar-refractivity contribution in [2.75, 3.05) is 24.5 Å². The van der Waals surface area contributed by atoms with Crippen molar-refractivity contribution in [3.05, 3.63) is 75.8 Å². The number of carbonyl (C=O) groups excluding carboxylic acids is 2. The fraction of sp³-hybridized carbons (Fsp3) is 0.263. The lowest BCUT2D eigenvalue weighted by molar-refractivity contribution is -0.481. The first-order valence-electron chi connectivity index (χ1n) is 8.14. The number of anilines is 1. The molecule has 1 unspecified atom stereocenters. The van der Waals surface area contributed by atoms with Gasteiger partial charge in [-0.2, -0.15) is 0 Å². The Morgan fingerprint density at radius 2 is 1.80 bits per heavy atom. The Hall–Kier alpha value is -3.02. The molecule has 1 atom stereocenters. The predicted molar refractivity (Wildman–Crippen MR) is 93.7 cm³/mol. The van der Waals surface area contributed by atoms with E-state index in [-0.39, 0.29) is 31.1 Å². The minimum Gasteiger partial charge on any atom is -0.362 e. The Bertz CT molecular complexity index is 804. The fourth-order valence-corrected chi connectivity index (χ4v) is 3.15. The van der Waals surface area contributed by atoms with Crippen LogP contribution in [0.25, 0.3) is 0 Å². The monoisotopic (exact) mass is 338 g/mol. The number of nitrogens with zero attached hydrogens (tertiary/aromatic N) is 2. The minimum absolute atomic E-state index is 0.0437. The van der Waals surface area contributed by atoms with Gasteiger partial charge in [0.25, 0.3) is 0 Å². The SMILES string of the molecule is O=C(CN1CC(CC[N+](=O)[O-])C(=O)c2ccccc21)c1ccccc1. The molecule has 0 saturated carbocycles. The van der Waals surface area contributed by atoms with E-state index < -0.39 is 10.8 Å². The molecule has 0 spiro atoms. The predicted octanol–water partition coefficient (Wildman–Crippen LogP) is 2.86. The second-order valence-electron chi connectivity index (χ2n) is 6.09. The van der Waals surface area contributed by atoms with Crippen LogP contribution in [-0.2, 0) is 0 Å². The quantitative estimate of drug-likeness (QED) is 0.460. The largest absolute Gasteiger partial charge is 0.362 e. The van der Waals surface area contributed by atoms with Gasteiger partial charge in [-0.3, -0.25) is 19.7 Å². The van der Waals surface area contributed by atoms with Crippen molar-refractivity contribution in [2.45, 2.75) is 6.42 Å². The first-order chi connectivity index (χ1) is 12.1. The van der Waals surface area contributed by atoms with Crippen molar-refractivity contribution in [1.82, 2.24) is 0 Å². The van der Waals surface area contributed by atoms with Gasteiger partial charge in [0, 0.05) is 40.6 Å². The molecule has 0 fully saturated rings. The summed E-state index contributed by atoms with van der Waals surface area (Å²) in [6, 6.07) is 16.1. The fourth-order valence-electron chi connectivity index (χ4n) is 3.15. The van der Waals surface area contributed by atoms with E-state index in [9.17, 15) is 19.7 Å². The highest BCUT2D eigenvalue weighted by Crippen LogP contribution is 2.31. The van der Waals surface area contributed by atoms with Crippen LogP contribution in [0.15, 0.2) is 54.6 Å². The van der Waals surface area contributed by atoms with Gasteiger partial charge < -0.3 is 4.90 Å². The highest BCUT2D eigenvalue weighted by atomic mass is 16.6. The zero-order chi connectivity index (χ0) is 17.8. The van der Waals surface area contributed by atoms with Crippen LogP contribution in [0, 0.1) is 16.0 Å². The highest BCUT2D eigenvalue weighted by Gasteiger charge is 2.33. The lowest BCUT2D eigenvalue weighted by atomic mass is 9.88. The van der Waals surface area contributed by atoms with E-state index >= 15 is 0 Å². The van der Waals surface area contributed by atoms with Gasteiger partial charge in [-0.25, -0.2) is 0 Å². The third-order valence-electron chi connectivity index (χ3n) is 4.41. The molecule has 0 radical (unpaired) electrons. The van der Waals surface area contributed by atoms with Gasteiger partial charge in [-0.15, -0.1) is 0 Å². The number of rotatable bonds is 6. The summed E-state index contributed by atoms with van der Waals surface area (Å²) < 4.78 is 0. The van der Waals surface area contributed by atoms with Crippen LogP contribution in [0.4, 0.5) is 5.69 Å². The van der Waals surface area contributed by atoms with E-state index in [0.29, 0.717) is 23.4 Å². The second-order valence-corrected chi connectivity index (χ2v) is 6.09. The van der Waals surface area contributed by atoms with Crippen LogP contribution >= 0.6 is 0 Å². The van der Waals surface area contributed by atoms with E-state index in [1.807, 2.05) is 23.1 Å². The van der Waals surface area contributed by atoms with Crippen molar-refractivity contribution >= 4 is 17.3 Å². The molecule has 0 aliphatic carbocycles. The van der Waals surface area contributed by atoms with Crippen molar-refractivity contribution in [1.29, 1.82) is 0 Å². The number of nitro groups is 1. The molecule has 2 aromatic rings. The number of hydrogen-bond acceptors (Lipinski definition) is 5. The van der Waals surface area contributed by atoms with Gasteiger partial charge in [0.1, 0.15) is 0 Å². The van der Waals surface area contributed by atoms with E-state index in [1.165, 1.54) is 0 Å². The van der Waals surface area contributed by atoms with Gasteiger partial charge in [0.2, 0.25) is 6.54 Å². The molecular formula is C19H18N2O4. The van der Waals surface area contributed by atoms with Gasteiger partial charge in [-0.05, 0) is 12.1 Å². The summed E-state index contributed by atoms with van der Waals surface area (Å²) in [5.41, 5.74) is 1.86. The van der Waals surface area contributed by atoms with E-state index in [2.05, 4.69) is 0 Å². The van der Waals surface area contributed by atoms with Crippen molar-refractivity contribution in [3.63, 3.8) is 0 Å². The molecular weight excluding hydrogens is 320 g/mol. The number of ketones is 2. The second kappa shape index (κ2) is 7.25. The van der Waals surface area contributed by atoms with Crippen LogP contribution in [0.2, 0.25) is 0 Å². The average Bonchev–Trinajstić information content (AvgIpc) is 2.63. The normalized spacial score (nSPS) is 16.4. The van der Waals surface area contributed by atoms with Crippen LogP contribution in [0.1, 0.15) is 27.1 Å². The molecule has 1 aliphatic heterocycles. The smallest absolute Gasteiger partial charge is 0.204 e. The Balaban J connectivity index is 1.84. The third-order valence-corrected chi connectivity index (χ3v) is 4.41. The molecule has 0 amide bonds. The lowest BCUT2D eigenvalue weighted by Gasteiger charge is -2.34. The summed E-state index contributed by atoms with van der Waals surface area (Å²) in [5.74, 6) is -0.595. The Kier molecular flexibility index (Phi) is 4.88. The Morgan fingerprint density at radius 1 is 1.12 bits per heavy atom. The maximum atomic E-state index is 12.6. The standard InChI is InChI=1S/C19H18N2O4/c22-18(14-6-2-1-3-7-14)13-20-12-15(10-11-21(24)25)19(23)16-8-4-5-9-17(16)20/h1-9,15H,10-13H2. The molecule has 0 saturated heterocycles. The van der Waals surface area contributed by atoms with Crippen LogP contribution in [0.3, 0.4) is 0 Å². The van der Waals surface area contributed by atoms with E-state index in [0.717, 1.165) is 0 Å². The van der Waals surface area contributed by atoms with Gasteiger partial charge >= 0.3 is 0 Å². The Morgan fingerprint density at radius 3 is 2.52 bits per heavy atom. The molecule has 25 heavy (non-hydrogen) atoms. The molecule has 0 bridgehead atoms. The van der Waals surface area contributed by atoms with Gasteiger partial charge in [0.15, 0.2) is 11.6 Å². The first kappa shape index (κ1) is 16.8. The molecule has 0 aromatic heterocycles. The topological polar surface area (TPSA) is 80.5 Å². The van der Waals surface area contributed by atoms with Crippen molar-refractivity contribution in [2.24, 2.45) is 5.92 Å². The van der Waals surface area contributed by atoms with Crippen molar-refractivity contribution in [3.8, 4) is 0 Å². The summed E-state index contributed by atoms with van der Waals surface area (Å²) in [4.78, 5) is 37.3. The number of hydrogen-bond donors (Lipinski definition) is 0. The maximum Gasteiger partial charge on any atom is 0.204 e. The molecule has 6 heteroatoms. The third kappa shape index (κ3) is 3.74. The van der Waals surface area contributed by atoms with Crippen LogP contribution in [-0.4, -0.2) is 36.1 Å². The summed E-state index contributed by atoms with van der Waals surface area (Å²) in [6.07, 6.45) is 0.177. The molecule has 3 rings (SSSR count). The van der Waals surface area contributed by atoms with Gasteiger partial charge in [-0.1, -0.05) is 42.5 Å². The zero-order valence-electron chi connectivity index (χ0n) is 13.6. The molecule has 6 nitrogen and oxygen atoms in total. The van der Waals surface area contributed by atoms with Crippen LogP contribution < -0.4 is 4.90 Å². The average molecular weight is 338 g/mol. The Labute approximate surface area is 145 Å². The first-order valence-corrected chi connectivity index (χ1v) is 8.14. The number of benzene rings is 2. The summed E-state index contributed by atoms with van der Waals surface area (Å²) in [7, 11) is 0. The highest BCUT2D eigenvalue weighted by molar-refractivity contribution is 6.06. The summed E-state index contributed by atoms with van der Waals surface area (Å²) in [6.45, 7) is 0.213. The number of fused-ring (bicyclic) bond motifs is 1. The lowest BCUT2D eigenvalue weighted by Crippen LogP contribution is -2.42. The minimum atomic E-state index is -0.469. The summed E-state index contributed by atoms with van der Waals surface area (Å²) >= 11 is 0. The number of Topliss-reactive ketones (excluding diaryl/α,β-unsaturated/α-hetero) is 2. The van der Waals surface area contributed by atoms with E-state index in [4.69, 9.17) is 0 Å². The maximum absolute atomic E-state index is 12.6.